The van der Waals surface area contributed by atoms with Crippen LogP contribution in [-0.2, 0) is 6.54 Å². The van der Waals surface area contributed by atoms with Crippen molar-refractivity contribution >= 4 is 28.9 Å². The van der Waals surface area contributed by atoms with Gasteiger partial charge in [-0.1, -0.05) is 28.4 Å². The van der Waals surface area contributed by atoms with Gasteiger partial charge in [-0.15, -0.1) is 0 Å². The van der Waals surface area contributed by atoms with Gasteiger partial charge >= 0.3 is 0 Å². The Kier molecular flexibility index (Phi) is 3.36. The summed E-state index contributed by atoms with van der Waals surface area (Å²) in [5.74, 6) is 0.793. The van der Waals surface area contributed by atoms with E-state index in [-0.39, 0.29) is 0 Å². The molecule has 0 aliphatic rings. The first kappa shape index (κ1) is 11.3. The number of nitrogens with one attached hydrogen (secondary N) is 1. The van der Waals surface area contributed by atoms with Gasteiger partial charge in [0.05, 0.1) is 6.54 Å². The molecule has 0 unspecified atom stereocenters. The Hall–Kier alpha value is -1.19. The van der Waals surface area contributed by atoms with Crippen LogP contribution in [0.4, 0.5) is 5.69 Å². The highest BCUT2D eigenvalue weighted by atomic mass is 35.5. The van der Waals surface area contributed by atoms with Crippen LogP contribution in [0.2, 0.25) is 10.0 Å². The van der Waals surface area contributed by atoms with Gasteiger partial charge in [0.1, 0.15) is 11.5 Å². The van der Waals surface area contributed by atoms with Crippen LogP contribution in [0.3, 0.4) is 0 Å². The molecule has 2 rings (SSSR count). The van der Waals surface area contributed by atoms with E-state index in [0.717, 1.165) is 17.1 Å². The third-order valence-electron chi connectivity index (χ3n) is 2.01. The van der Waals surface area contributed by atoms with Crippen LogP contribution in [-0.4, -0.2) is 5.16 Å². The maximum atomic E-state index is 5.88. The Bertz CT molecular complexity index is 476. The van der Waals surface area contributed by atoms with E-state index >= 15 is 0 Å². The summed E-state index contributed by atoms with van der Waals surface area (Å²) >= 11 is 11.8. The van der Waals surface area contributed by atoms with Gasteiger partial charge in [0.25, 0.3) is 0 Å². The number of rotatable bonds is 3. The van der Waals surface area contributed by atoms with Gasteiger partial charge in [0.2, 0.25) is 0 Å². The van der Waals surface area contributed by atoms with Gasteiger partial charge in [-0.05, 0) is 25.1 Å². The second kappa shape index (κ2) is 4.76. The molecular formula is C11H10Cl2N2O. The fourth-order valence-corrected chi connectivity index (χ4v) is 1.88. The minimum absolute atomic E-state index is 0.577. The maximum absolute atomic E-state index is 5.88. The topological polar surface area (TPSA) is 38.1 Å². The molecule has 1 aromatic heterocycles. The largest absolute Gasteiger partial charge is 0.379 e. The zero-order valence-electron chi connectivity index (χ0n) is 8.63. The molecule has 3 nitrogen and oxygen atoms in total. The molecule has 5 heteroatoms. The molecule has 1 heterocycles. The zero-order valence-corrected chi connectivity index (χ0v) is 10.1. The first-order valence-corrected chi connectivity index (χ1v) is 5.51. The lowest BCUT2D eigenvalue weighted by Gasteiger charge is -2.04. The molecule has 84 valence electrons. The lowest BCUT2D eigenvalue weighted by molar-refractivity contribution is 0.391. The molecule has 0 saturated carbocycles. The number of nitrogens with zero attached hydrogens (tertiary/aromatic N) is 1. The summed E-state index contributed by atoms with van der Waals surface area (Å²) in [6, 6.07) is 7.18. The van der Waals surface area contributed by atoms with Gasteiger partial charge in [0.15, 0.2) is 0 Å². The van der Waals surface area contributed by atoms with Gasteiger partial charge in [-0.2, -0.15) is 0 Å². The minimum atomic E-state index is 0.577. The number of hydrogen-bond donors (Lipinski definition) is 1. The van der Waals surface area contributed by atoms with Crippen LogP contribution in [0.1, 0.15) is 11.5 Å². The number of anilines is 1. The number of aromatic nitrogens is 1. The highest BCUT2D eigenvalue weighted by Crippen LogP contribution is 2.22. The summed E-state index contributed by atoms with van der Waals surface area (Å²) in [5, 5.41) is 8.24. The summed E-state index contributed by atoms with van der Waals surface area (Å²) < 4.78 is 4.96. The third kappa shape index (κ3) is 2.90. The van der Waals surface area contributed by atoms with Crippen molar-refractivity contribution in [1.29, 1.82) is 0 Å². The van der Waals surface area contributed by atoms with E-state index in [1.54, 1.807) is 18.2 Å². The summed E-state index contributed by atoms with van der Waals surface area (Å²) in [4.78, 5) is 0. The normalized spacial score (nSPS) is 10.4. The van der Waals surface area contributed by atoms with Crippen LogP contribution in [0.25, 0.3) is 0 Å². The van der Waals surface area contributed by atoms with Crippen LogP contribution < -0.4 is 5.32 Å². The molecule has 0 saturated heterocycles. The molecule has 0 atom stereocenters. The first-order chi connectivity index (χ1) is 7.63. The standard InChI is InChI=1S/C11H10Cl2N2O/c1-7-2-11(15-16-7)6-14-10-4-8(12)3-9(13)5-10/h2-5,14H,6H2,1H3. The molecule has 1 N–H and O–H groups in total. The maximum Gasteiger partial charge on any atom is 0.133 e. The highest BCUT2D eigenvalue weighted by molar-refractivity contribution is 6.35. The van der Waals surface area contributed by atoms with Crippen molar-refractivity contribution in [2.75, 3.05) is 5.32 Å². The van der Waals surface area contributed by atoms with E-state index in [2.05, 4.69) is 10.5 Å². The average molecular weight is 257 g/mol. The Morgan fingerprint density at radius 2 is 1.88 bits per heavy atom. The molecule has 0 bridgehead atoms. The second-order valence-electron chi connectivity index (χ2n) is 3.44. The van der Waals surface area contributed by atoms with Gasteiger partial charge in [0, 0.05) is 21.8 Å². The van der Waals surface area contributed by atoms with Crippen molar-refractivity contribution in [3.8, 4) is 0 Å². The summed E-state index contributed by atoms with van der Waals surface area (Å²) in [6.45, 7) is 2.43. The van der Waals surface area contributed by atoms with Crippen molar-refractivity contribution in [3.05, 3.63) is 45.8 Å². The van der Waals surface area contributed by atoms with Gasteiger partial charge < -0.3 is 9.84 Å². The van der Waals surface area contributed by atoms with Crippen molar-refractivity contribution in [2.45, 2.75) is 13.5 Å². The van der Waals surface area contributed by atoms with Gasteiger partial charge in [-0.3, -0.25) is 0 Å². The minimum Gasteiger partial charge on any atom is -0.379 e. The number of halogens is 2. The number of aryl methyl sites for hydroxylation is 1. The lowest BCUT2D eigenvalue weighted by Crippen LogP contribution is -1.99. The van der Waals surface area contributed by atoms with Crippen molar-refractivity contribution in [3.63, 3.8) is 0 Å². The molecule has 2 aromatic rings. The van der Waals surface area contributed by atoms with Crippen LogP contribution in [0, 0.1) is 6.92 Å². The van der Waals surface area contributed by atoms with Crippen LogP contribution >= 0.6 is 23.2 Å². The molecule has 0 aliphatic heterocycles. The molecular weight excluding hydrogens is 247 g/mol. The Morgan fingerprint density at radius 1 is 1.19 bits per heavy atom. The van der Waals surface area contributed by atoms with Crippen molar-refractivity contribution < 1.29 is 4.52 Å². The predicted octanol–water partition coefficient (Wildman–Crippen LogP) is 3.90. The molecule has 0 fully saturated rings. The Balaban J connectivity index is 2.04. The van der Waals surface area contributed by atoms with Crippen molar-refractivity contribution in [1.82, 2.24) is 5.16 Å². The van der Waals surface area contributed by atoms with E-state index in [4.69, 9.17) is 27.7 Å². The summed E-state index contributed by atoms with van der Waals surface area (Å²) in [6.07, 6.45) is 0. The summed E-state index contributed by atoms with van der Waals surface area (Å²) in [7, 11) is 0. The fraction of sp³-hybridized carbons (Fsp3) is 0.182. The summed E-state index contributed by atoms with van der Waals surface area (Å²) in [5.41, 5.74) is 1.70. The molecule has 16 heavy (non-hydrogen) atoms. The van der Waals surface area contributed by atoms with E-state index in [9.17, 15) is 0 Å². The lowest BCUT2D eigenvalue weighted by atomic mass is 10.3. The predicted molar refractivity (Wildman–Crippen MR) is 65.0 cm³/mol. The van der Waals surface area contributed by atoms with E-state index in [0.29, 0.717) is 16.6 Å². The fourth-order valence-electron chi connectivity index (χ4n) is 1.35. The monoisotopic (exact) mass is 256 g/mol. The van der Waals surface area contributed by atoms with E-state index in [1.165, 1.54) is 0 Å². The molecule has 1 aromatic carbocycles. The second-order valence-corrected chi connectivity index (χ2v) is 4.31. The average Bonchev–Trinajstić information content (AvgIpc) is 2.60. The quantitative estimate of drug-likeness (QED) is 0.906. The van der Waals surface area contributed by atoms with Crippen LogP contribution in [0.15, 0.2) is 28.8 Å². The smallest absolute Gasteiger partial charge is 0.133 e. The Morgan fingerprint density at radius 3 is 2.44 bits per heavy atom. The molecule has 0 spiro atoms. The Labute approximate surface area is 103 Å². The molecule has 0 aliphatic carbocycles. The molecule has 0 amide bonds. The SMILES string of the molecule is Cc1cc(CNc2cc(Cl)cc(Cl)c2)no1. The van der Waals surface area contributed by atoms with Crippen molar-refractivity contribution in [2.24, 2.45) is 0 Å². The first-order valence-electron chi connectivity index (χ1n) is 4.75. The highest BCUT2D eigenvalue weighted by Gasteiger charge is 2.01. The van der Waals surface area contributed by atoms with Crippen LogP contribution in [0.5, 0.6) is 0 Å². The van der Waals surface area contributed by atoms with E-state index < -0.39 is 0 Å². The molecule has 0 radical (unpaired) electrons. The third-order valence-corrected chi connectivity index (χ3v) is 2.45. The number of hydrogen-bond acceptors (Lipinski definition) is 3. The zero-order chi connectivity index (χ0) is 11.5. The van der Waals surface area contributed by atoms with E-state index in [1.807, 2.05) is 13.0 Å². The van der Waals surface area contributed by atoms with Gasteiger partial charge in [-0.25, -0.2) is 0 Å². The number of benzene rings is 1.